The third-order valence-corrected chi connectivity index (χ3v) is 3.97. The first-order valence-electron chi connectivity index (χ1n) is 7.99. The molecule has 21 heavy (non-hydrogen) atoms. The first-order valence-corrected chi connectivity index (χ1v) is 7.99. The van der Waals surface area contributed by atoms with Crippen molar-refractivity contribution in [2.24, 2.45) is 5.92 Å². The molecule has 0 saturated heterocycles. The van der Waals surface area contributed by atoms with E-state index in [-0.39, 0.29) is 5.91 Å². The molecule has 1 aliphatic carbocycles. The molecule has 2 rings (SSSR count). The molecule has 1 amide bonds. The van der Waals surface area contributed by atoms with Crippen LogP contribution in [0, 0.1) is 5.92 Å². The molecule has 0 heterocycles. The van der Waals surface area contributed by atoms with Crippen LogP contribution in [-0.2, 0) is 4.79 Å². The molecule has 0 aliphatic heterocycles. The van der Waals surface area contributed by atoms with Crippen molar-refractivity contribution in [2.75, 3.05) is 18.9 Å². The van der Waals surface area contributed by atoms with Gasteiger partial charge in [-0.15, -0.1) is 0 Å². The minimum absolute atomic E-state index is 0.186. The van der Waals surface area contributed by atoms with Crippen LogP contribution < -0.4 is 15.8 Å². The first kappa shape index (κ1) is 15.7. The number of nitrogens with one attached hydrogen (secondary N) is 1. The molecule has 0 radical (unpaired) electrons. The summed E-state index contributed by atoms with van der Waals surface area (Å²) >= 11 is 0. The lowest BCUT2D eigenvalue weighted by Crippen LogP contribution is -2.28. The van der Waals surface area contributed by atoms with Gasteiger partial charge in [0.25, 0.3) is 0 Å². The van der Waals surface area contributed by atoms with Gasteiger partial charge in [-0.1, -0.05) is 25.3 Å². The van der Waals surface area contributed by atoms with Crippen LogP contribution in [0.3, 0.4) is 0 Å². The molecular weight excluding hydrogens is 264 g/mol. The van der Waals surface area contributed by atoms with Crippen LogP contribution in [0.25, 0.3) is 0 Å². The van der Waals surface area contributed by atoms with E-state index >= 15 is 0 Å². The van der Waals surface area contributed by atoms with Gasteiger partial charge in [0.15, 0.2) is 0 Å². The van der Waals surface area contributed by atoms with Crippen molar-refractivity contribution in [1.82, 2.24) is 5.32 Å². The van der Waals surface area contributed by atoms with Crippen LogP contribution in [0.4, 0.5) is 5.69 Å². The Hall–Kier alpha value is -1.71. The molecule has 4 heteroatoms. The number of benzene rings is 1. The molecule has 1 aliphatic rings. The van der Waals surface area contributed by atoms with Gasteiger partial charge in [-0.05, 0) is 37.3 Å². The van der Waals surface area contributed by atoms with Crippen LogP contribution in [0.1, 0.15) is 44.9 Å². The number of carbonyl (C=O) groups is 1. The second-order valence-electron chi connectivity index (χ2n) is 5.83. The smallest absolute Gasteiger partial charge is 0.220 e. The largest absolute Gasteiger partial charge is 0.493 e. The van der Waals surface area contributed by atoms with Gasteiger partial charge in [-0.2, -0.15) is 0 Å². The van der Waals surface area contributed by atoms with Crippen LogP contribution in [0.2, 0.25) is 0 Å². The molecule has 1 aromatic carbocycles. The van der Waals surface area contributed by atoms with Gasteiger partial charge in [0.1, 0.15) is 5.75 Å². The van der Waals surface area contributed by atoms with Gasteiger partial charge in [0.2, 0.25) is 5.91 Å². The highest BCUT2D eigenvalue weighted by molar-refractivity contribution is 5.76. The maximum absolute atomic E-state index is 11.8. The Bertz CT molecular complexity index is 442. The number of rotatable bonds is 7. The van der Waals surface area contributed by atoms with Crippen molar-refractivity contribution in [1.29, 1.82) is 0 Å². The van der Waals surface area contributed by atoms with Crippen molar-refractivity contribution in [3.05, 3.63) is 24.3 Å². The van der Waals surface area contributed by atoms with E-state index in [9.17, 15) is 4.79 Å². The predicted octanol–water partition coefficient (Wildman–Crippen LogP) is 3.12. The van der Waals surface area contributed by atoms with E-state index in [1.54, 1.807) is 0 Å². The minimum atomic E-state index is 0.186. The van der Waals surface area contributed by atoms with E-state index in [1.165, 1.54) is 32.1 Å². The second kappa shape index (κ2) is 8.55. The summed E-state index contributed by atoms with van der Waals surface area (Å²) in [5.74, 6) is 1.57. The molecule has 116 valence electrons. The molecule has 1 aromatic rings. The molecule has 0 atom stereocenters. The normalized spacial score (nSPS) is 15.6. The standard InChI is InChI=1S/C17H26N2O2/c18-15-8-4-9-16(13-15)21-11-5-10-19-17(20)12-14-6-2-1-3-7-14/h4,8-9,13-14H,1-3,5-7,10-12,18H2,(H,19,20). The zero-order valence-electron chi connectivity index (χ0n) is 12.6. The summed E-state index contributed by atoms with van der Waals surface area (Å²) in [6.07, 6.45) is 7.83. The zero-order valence-corrected chi connectivity index (χ0v) is 12.6. The van der Waals surface area contributed by atoms with Crippen LogP contribution in [0.15, 0.2) is 24.3 Å². The SMILES string of the molecule is Nc1cccc(OCCCNC(=O)CC2CCCCC2)c1. The topological polar surface area (TPSA) is 64.3 Å². The van der Waals surface area contributed by atoms with Crippen molar-refractivity contribution < 1.29 is 9.53 Å². The van der Waals surface area contributed by atoms with Gasteiger partial charge in [0.05, 0.1) is 6.61 Å². The Labute approximate surface area is 127 Å². The number of hydrogen-bond acceptors (Lipinski definition) is 3. The molecule has 1 fully saturated rings. The predicted molar refractivity (Wildman–Crippen MR) is 85.2 cm³/mol. The van der Waals surface area contributed by atoms with Crippen LogP contribution >= 0.6 is 0 Å². The maximum Gasteiger partial charge on any atom is 0.220 e. The van der Waals surface area contributed by atoms with E-state index < -0.39 is 0 Å². The number of hydrogen-bond donors (Lipinski definition) is 2. The summed E-state index contributed by atoms with van der Waals surface area (Å²) in [6, 6.07) is 7.40. The molecule has 1 saturated carbocycles. The lowest BCUT2D eigenvalue weighted by molar-refractivity contribution is -0.122. The van der Waals surface area contributed by atoms with Crippen molar-refractivity contribution in [3.8, 4) is 5.75 Å². The van der Waals surface area contributed by atoms with Crippen molar-refractivity contribution in [2.45, 2.75) is 44.9 Å². The van der Waals surface area contributed by atoms with E-state index in [2.05, 4.69) is 5.32 Å². The molecule has 3 N–H and O–H groups in total. The van der Waals surface area contributed by atoms with E-state index in [4.69, 9.17) is 10.5 Å². The number of nitrogen functional groups attached to an aromatic ring is 1. The summed E-state index contributed by atoms with van der Waals surface area (Å²) in [7, 11) is 0. The van der Waals surface area contributed by atoms with E-state index in [1.807, 2.05) is 24.3 Å². The number of carbonyl (C=O) groups excluding carboxylic acids is 1. The summed E-state index contributed by atoms with van der Waals surface area (Å²) in [4.78, 5) is 11.8. The highest BCUT2D eigenvalue weighted by Crippen LogP contribution is 2.25. The number of amides is 1. The van der Waals surface area contributed by atoms with Crippen LogP contribution in [-0.4, -0.2) is 19.1 Å². The Kier molecular flexibility index (Phi) is 6.38. The lowest BCUT2D eigenvalue weighted by atomic mass is 9.87. The fraction of sp³-hybridized carbons (Fsp3) is 0.588. The number of anilines is 1. The number of ether oxygens (including phenoxy) is 1. The average molecular weight is 290 g/mol. The van der Waals surface area contributed by atoms with Crippen molar-refractivity contribution in [3.63, 3.8) is 0 Å². The molecule has 0 unspecified atom stereocenters. The highest BCUT2D eigenvalue weighted by atomic mass is 16.5. The lowest BCUT2D eigenvalue weighted by Gasteiger charge is -2.20. The molecular formula is C17H26N2O2. The summed E-state index contributed by atoms with van der Waals surface area (Å²) in [6.45, 7) is 1.26. The summed E-state index contributed by atoms with van der Waals surface area (Å²) < 4.78 is 5.59. The quantitative estimate of drug-likeness (QED) is 0.599. The highest BCUT2D eigenvalue weighted by Gasteiger charge is 2.16. The molecule has 0 aromatic heterocycles. The Balaban J connectivity index is 1.53. The van der Waals surface area contributed by atoms with Gasteiger partial charge in [0, 0.05) is 24.7 Å². The first-order chi connectivity index (χ1) is 10.2. The Morgan fingerprint density at radius 3 is 2.86 bits per heavy atom. The van der Waals surface area contributed by atoms with Gasteiger partial charge < -0.3 is 15.8 Å². The fourth-order valence-corrected chi connectivity index (χ4v) is 2.82. The summed E-state index contributed by atoms with van der Waals surface area (Å²) in [5.41, 5.74) is 6.38. The van der Waals surface area contributed by atoms with E-state index in [0.717, 1.165) is 12.2 Å². The van der Waals surface area contributed by atoms with E-state index in [0.29, 0.717) is 31.2 Å². The second-order valence-corrected chi connectivity index (χ2v) is 5.83. The van der Waals surface area contributed by atoms with Crippen molar-refractivity contribution >= 4 is 11.6 Å². The maximum atomic E-state index is 11.8. The fourth-order valence-electron chi connectivity index (χ4n) is 2.82. The average Bonchev–Trinajstić information content (AvgIpc) is 2.48. The third-order valence-electron chi connectivity index (χ3n) is 3.97. The van der Waals surface area contributed by atoms with Gasteiger partial charge >= 0.3 is 0 Å². The molecule has 4 nitrogen and oxygen atoms in total. The molecule has 0 spiro atoms. The third kappa shape index (κ3) is 6.06. The van der Waals surface area contributed by atoms with Gasteiger partial charge in [-0.25, -0.2) is 0 Å². The Morgan fingerprint density at radius 1 is 1.29 bits per heavy atom. The van der Waals surface area contributed by atoms with Crippen LogP contribution in [0.5, 0.6) is 5.75 Å². The zero-order chi connectivity index (χ0) is 14.9. The minimum Gasteiger partial charge on any atom is -0.493 e. The Morgan fingerprint density at radius 2 is 2.10 bits per heavy atom. The van der Waals surface area contributed by atoms with Gasteiger partial charge in [-0.3, -0.25) is 4.79 Å². The summed E-state index contributed by atoms with van der Waals surface area (Å²) in [5, 5.41) is 2.98. The molecule has 0 bridgehead atoms. The monoisotopic (exact) mass is 290 g/mol. The number of nitrogens with two attached hydrogens (primary N) is 1.